The molecule has 0 spiro atoms. The number of benzene rings is 1. The highest BCUT2D eigenvalue weighted by atomic mass is 19.1. The zero-order valence-corrected chi connectivity index (χ0v) is 20.4. The standard InChI is InChI=1S/C28H24FN7O/c1-36(2)8-9-37-20-11-18(10-19(29)12-20)22-15-31-16-26-21(22)13-25(32-26)28-27-24(34-35-28)6-5-23(33-27)17-4-3-7-30-14-17/h3-7,10-16,32H,8-9H2,1-2H3,(H,34,35). The molecule has 5 aromatic heterocycles. The van der Waals surface area contributed by atoms with Gasteiger partial charge in [-0.25, -0.2) is 9.37 Å². The topological polar surface area (TPSA) is 95.6 Å². The summed E-state index contributed by atoms with van der Waals surface area (Å²) in [7, 11) is 3.93. The van der Waals surface area contributed by atoms with E-state index in [-0.39, 0.29) is 5.82 Å². The van der Waals surface area contributed by atoms with Crippen LogP contribution in [0.25, 0.3) is 55.7 Å². The third-order valence-corrected chi connectivity index (χ3v) is 6.16. The van der Waals surface area contributed by atoms with Crippen molar-refractivity contribution in [3.05, 3.63) is 79.1 Å². The summed E-state index contributed by atoms with van der Waals surface area (Å²) in [4.78, 5) is 18.9. The molecule has 6 aromatic rings. The van der Waals surface area contributed by atoms with E-state index in [0.29, 0.717) is 23.6 Å². The average Bonchev–Trinajstić information content (AvgIpc) is 3.52. The van der Waals surface area contributed by atoms with E-state index in [1.807, 2.05) is 55.4 Å². The summed E-state index contributed by atoms with van der Waals surface area (Å²) in [6.45, 7) is 1.20. The van der Waals surface area contributed by atoms with E-state index in [1.54, 1.807) is 24.8 Å². The molecule has 0 fully saturated rings. The van der Waals surface area contributed by atoms with Crippen LogP contribution < -0.4 is 4.74 Å². The van der Waals surface area contributed by atoms with E-state index in [2.05, 4.69) is 25.1 Å². The second-order valence-corrected chi connectivity index (χ2v) is 9.07. The number of nitrogens with one attached hydrogen (secondary N) is 2. The number of H-pyrrole nitrogens is 2. The van der Waals surface area contributed by atoms with Crippen LogP contribution in [0.3, 0.4) is 0 Å². The van der Waals surface area contributed by atoms with E-state index in [0.717, 1.165) is 51.0 Å². The summed E-state index contributed by atoms with van der Waals surface area (Å²) in [5.74, 6) is 0.116. The van der Waals surface area contributed by atoms with Gasteiger partial charge in [0, 0.05) is 47.7 Å². The first-order valence-electron chi connectivity index (χ1n) is 11.9. The number of aromatic amines is 2. The fraction of sp³-hybridized carbons (Fsp3) is 0.143. The second-order valence-electron chi connectivity index (χ2n) is 9.07. The Balaban J connectivity index is 1.41. The van der Waals surface area contributed by atoms with Crippen molar-refractivity contribution in [2.75, 3.05) is 27.2 Å². The lowest BCUT2D eigenvalue weighted by molar-refractivity contribution is 0.260. The lowest BCUT2D eigenvalue weighted by atomic mass is 10.0. The molecule has 0 aliphatic rings. The zero-order valence-electron chi connectivity index (χ0n) is 20.4. The summed E-state index contributed by atoms with van der Waals surface area (Å²) < 4.78 is 20.3. The molecule has 0 atom stereocenters. The van der Waals surface area contributed by atoms with E-state index < -0.39 is 0 Å². The predicted molar refractivity (Wildman–Crippen MR) is 142 cm³/mol. The second kappa shape index (κ2) is 9.44. The van der Waals surface area contributed by atoms with Gasteiger partial charge >= 0.3 is 0 Å². The zero-order chi connectivity index (χ0) is 25.4. The monoisotopic (exact) mass is 493 g/mol. The summed E-state index contributed by atoms with van der Waals surface area (Å²) >= 11 is 0. The van der Waals surface area contributed by atoms with Gasteiger partial charge in [-0.15, -0.1) is 0 Å². The minimum atomic E-state index is -0.365. The van der Waals surface area contributed by atoms with Gasteiger partial charge in [0.15, 0.2) is 0 Å². The van der Waals surface area contributed by atoms with Crippen molar-refractivity contribution in [3.8, 4) is 39.5 Å². The lowest BCUT2D eigenvalue weighted by Crippen LogP contribution is -2.19. The molecule has 0 bridgehead atoms. The summed E-state index contributed by atoms with van der Waals surface area (Å²) in [5, 5.41) is 8.50. The quantitative estimate of drug-likeness (QED) is 0.313. The van der Waals surface area contributed by atoms with Gasteiger partial charge in [-0.05, 0) is 62.1 Å². The van der Waals surface area contributed by atoms with Gasteiger partial charge in [0.25, 0.3) is 0 Å². The molecule has 0 radical (unpaired) electrons. The van der Waals surface area contributed by atoms with E-state index >= 15 is 0 Å². The molecule has 8 nitrogen and oxygen atoms in total. The molecule has 184 valence electrons. The Morgan fingerprint density at radius 3 is 2.70 bits per heavy atom. The maximum atomic E-state index is 14.5. The molecule has 1 aromatic carbocycles. The van der Waals surface area contributed by atoms with Crippen molar-refractivity contribution < 1.29 is 9.13 Å². The highest BCUT2D eigenvalue weighted by molar-refractivity contribution is 6.00. The Labute approximate surface area is 212 Å². The number of halogens is 1. The molecular weight excluding hydrogens is 469 g/mol. The largest absolute Gasteiger partial charge is 0.492 e. The molecule has 37 heavy (non-hydrogen) atoms. The van der Waals surface area contributed by atoms with Crippen molar-refractivity contribution in [2.24, 2.45) is 0 Å². The third-order valence-electron chi connectivity index (χ3n) is 6.16. The highest BCUT2D eigenvalue weighted by Gasteiger charge is 2.16. The van der Waals surface area contributed by atoms with Gasteiger partial charge in [0.2, 0.25) is 0 Å². The van der Waals surface area contributed by atoms with Crippen LogP contribution in [-0.4, -0.2) is 62.3 Å². The fourth-order valence-corrected chi connectivity index (χ4v) is 4.32. The van der Waals surface area contributed by atoms with E-state index in [1.165, 1.54) is 12.1 Å². The molecule has 0 saturated carbocycles. The van der Waals surface area contributed by atoms with Crippen LogP contribution in [0, 0.1) is 5.82 Å². The number of aromatic nitrogens is 6. The number of pyridine rings is 3. The van der Waals surface area contributed by atoms with Crippen LogP contribution in [0.2, 0.25) is 0 Å². The van der Waals surface area contributed by atoms with Crippen molar-refractivity contribution in [2.45, 2.75) is 0 Å². The number of hydrogen-bond donors (Lipinski definition) is 2. The Bertz CT molecular complexity index is 1710. The number of nitrogens with zero attached hydrogens (tertiary/aromatic N) is 5. The highest BCUT2D eigenvalue weighted by Crippen LogP contribution is 2.35. The minimum absolute atomic E-state index is 0.365. The van der Waals surface area contributed by atoms with Gasteiger partial charge < -0.3 is 14.6 Å². The van der Waals surface area contributed by atoms with Crippen molar-refractivity contribution in [3.63, 3.8) is 0 Å². The van der Waals surface area contributed by atoms with Gasteiger partial charge in [-0.2, -0.15) is 5.10 Å². The van der Waals surface area contributed by atoms with Gasteiger partial charge in [0.05, 0.1) is 28.6 Å². The molecule has 0 unspecified atom stereocenters. The Morgan fingerprint density at radius 2 is 1.86 bits per heavy atom. The smallest absolute Gasteiger partial charge is 0.135 e. The number of hydrogen-bond acceptors (Lipinski definition) is 6. The lowest BCUT2D eigenvalue weighted by Gasteiger charge is -2.12. The normalized spacial score (nSPS) is 11.6. The first-order valence-corrected chi connectivity index (χ1v) is 11.9. The van der Waals surface area contributed by atoms with E-state index in [9.17, 15) is 4.39 Å². The molecule has 0 saturated heterocycles. The number of rotatable bonds is 7. The molecule has 9 heteroatoms. The first kappa shape index (κ1) is 22.8. The molecule has 0 amide bonds. The maximum Gasteiger partial charge on any atom is 0.135 e. The van der Waals surface area contributed by atoms with Crippen LogP contribution >= 0.6 is 0 Å². The van der Waals surface area contributed by atoms with Crippen LogP contribution in [-0.2, 0) is 0 Å². The molecular formula is C28H24FN7O. The molecule has 0 aliphatic carbocycles. The van der Waals surface area contributed by atoms with Crippen LogP contribution in [0.1, 0.15) is 0 Å². The third kappa shape index (κ3) is 4.52. The predicted octanol–water partition coefficient (Wildman–Crippen LogP) is 5.31. The SMILES string of the molecule is CN(C)CCOc1cc(F)cc(-c2cncc3[nH]c(-c4n[nH]c5ccc(-c6cccnc6)nc45)cc23)c1. The van der Waals surface area contributed by atoms with Crippen molar-refractivity contribution in [1.29, 1.82) is 0 Å². The fourth-order valence-electron chi connectivity index (χ4n) is 4.32. The van der Waals surface area contributed by atoms with Crippen molar-refractivity contribution >= 4 is 21.9 Å². The van der Waals surface area contributed by atoms with E-state index in [4.69, 9.17) is 9.72 Å². The maximum absolute atomic E-state index is 14.5. The molecule has 0 aliphatic heterocycles. The Hall–Kier alpha value is -4.63. The summed E-state index contributed by atoms with van der Waals surface area (Å²) in [5.41, 5.74) is 7.06. The number of fused-ring (bicyclic) bond motifs is 2. The minimum Gasteiger partial charge on any atom is -0.492 e. The first-order chi connectivity index (χ1) is 18.0. The van der Waals surface area contributed by atoms with Crippen LogP contribution in [0.5, 0.6) is 5.75 Å². The van der Waals surface area contributed by atoms with Gasteiger partial charge in [-0.1, -0.05) is 0 Å². The summed E-state index contributed by atoms with van der Waals surface area (Å²) in [6, 6.07) is 14.5. The molecule has 2 N–H and O–H groups in total. The van der Waals surface area contributed by atoms with Gasteiger partial charge in [-0.3, -0.25) is 15.1 Å². The Kier molecular flexibility index (Phi) is 5.82. The Morgan fingerprint density at radius 1 is 0.946 bits per heavy atom. The van der Waals surface area contributed by atoms with Crippen molar-refractivity contribution in [1.82, 2.24) is 35.0 Å². The molecule has 5 heterocycles. The number of likely N-dealkylation sites (N-methyl/N-ethyl adjacent to an activating group) is 1. The molecule has 6 rings (SSSR count). The average molecular weight is 494 g/mol. The number of ether oxygens (including phenoxy) is 1. The van der Waals surface area contributed by atoms with Crippen LogP contribution in [0.4, 0.5) is 4.39 Å². The van der Waals surface area contributed by atoms with Crippen LogP contribution in [0.15, 0.2) is 73.3 Å². The summed E-state index contributed by atoms with van der Waals surface area (Å²) in [6.07, 6.45) is 7.00. The van der Waals surface area contributed by atoms with Gasteiger partial charge in [0.1, 0.15) is 29.4 Å².